The summed E-state index contributed by atoms with van der Waals surface area (Å²) >= 11 is 0. The molecule has 2 N–H and O–H groups in total. The lowest BCUT2D eigenvalue weighted by Gasteiger charge is -2.44. The zero-order valence-corrected chi connectivity index (χ0v) is 17.1. The molecule has 8 nitrogen and oxygen atoms in total. The average Bonchev–Trinajstić information content (AvgIpc) is 3.08. The molecular formula is C22H28N4O4. The van der Waals surface area contributed by atoms with Gasteiger partial charge in [-0.15, -0.1) is 0 Å². The Balaban J connectivity index is 1.28. The molecule has 4 aliphatic heterocycles. The fourth-order valence-electron chi connectivity index (χ4n) is 5.19. The Morgan fingerprint density at radius 1 is 1.17 bits per heavy atom. The van der Waals surface area contributed by atoms with Crippen molar-refractivity contribution in [2.45, 2.75) is 50.4 Å². The van der Waals surface area contributed by atoms with Crippen molar-refractivity contribution in [3.63, 3.8) is 0 Å². The first-order valence-corrected chi connectivity index (χ1v) is 10.9. The summed E-state index contributed by atoms with van der Waals surface area (Å²) in [6.07, 6.45) is 2.69. The highest BCUT2D eigenvalue weighted by atomic mass is 16.5. The molecule has 4 heterocycles. The van der Waals surface area contributed by atoms with Crippen LogP contribution >= 0.6 is 0 Å². The molecule has 0 aliphatic carbocycles. The van der Waals surface area contributed by atoms with E-state index in [1.807, 2.05) is 12.1 Å². The van der Waals surface area contributed by atoms with Crippen molar-refractivity contribution >= 4 is 17.7 Å². The van der Waals surface area contributed by atoms with Gasteiger partial charge < -0.3 is 15.0 Å². The molecule has 1 atom stereocenters. The van der Waals surface area contributed by atoms with Crippen molar-refractivity contribution in [2.75, 3.05) is 32.8 Å². The summed E-state index contributed by atoms with van der Waals surface area (Å²) in [7, 11) is 0. The van der Waals surface area contributed by atoms with Gasteiger partial charge in [0.05, 0.1) is 12.2 Å². The van der Waals surface area contributed by atoms with Gasteiger partial charge in [0.15, 0.2) is 0 Å². The standard InChI is InChI=1S/C22H28N4O4/c27-19-5-4-18(20(28)24-19)26-13-17-15(2-1-3-16(17)21(26)29)12-25-9-6-22(7-10-25)14-23-8-11-30-22/h1-3,18,23H,4-14H2,(H,24,27,28). The molecule has 1 unspecified atom stereocenters. The summed E-state index contributed by atoms with van der Waals surface area (Å²) in [6, 6.07) is 5.30. The number of ether oxygens (including phenoxy) is 1. The first-order chi connectivity index (χ1) is 14.5. The van der Waals surface area contributed by atoms with E-state index in [-0.39, 0.29) is 29.7 Å². The molecule has 1 aromatic rings. The normalized spacial score (nSPS) is 26.7. The number of carbonyl (C=O) groups is 3. The molecular weight excluding hydrogens is 384 g/mol. The van der Waals surface area contributed by atoms with Crippen LogP contribution in [-0.4, -0.2) is 72.0 Å². The van der Waals surface area contributed by atoms with E-state index in [4.69, 9.17) is 4.74 Å². The van der Waals surface area contributed by atoms with E-state index in [1.54, 1.807) is 4.90 Å². The van der Waals surface area contributed by atoms with Crippen LogP contribution in [0.15, 0.2) is 18.2 Å². The number of hydrogen-bond acceptors (Lipinski definition) is 6. The zero-order valence-electron chi connectivity index (χ0n) is 17.1. The molecule has 4 aliphatic rings. The smallest absolute Gasteiger partial charge is 0.255 e. The molecule has 3 amide bonds. The van der Waals surface area contributed by atoms with Gasteiger partial charge in [-0.2, -0.15) is 0 Å². The van der Waals surface area contributed by atoms with Crippen LogP contribution in [0.2, 0.25) is 0 Å². The van der Waals surface area contributed by atoms with Crippen molar-refractivity contribution in [3.05, 3.63) is 34.9 Å². The molecule has 1 spiro atoms. The summed E-state index contributed by atoms with van der Waals surface area (Å²) in [5.41, 5.74) is 2.83. The Morgan fingerprint density at radius 3 is 2.73 bits per heavy atom. The van der Waals surface area contributed by atoms with Gasteiger partial charge in [-0.1, -0.05) is 12.1 Å². The molecule has 0 radical (unpaired) electrons. The maximum absolute atomic E-state index is 13.0. The van der Waals surface area contributed by atoms with Crippen molar-refractivity contribution in [2.24, 2.45) is 0 Å². The maximum Gasteiger partial charge on any atom is 0.255 e. The fourth-order valence-corrected chi connectivity index (χ4v) is 5.19. The predicted octanol–water partition coefficient (Wildman–Crippen LogP) is 0.402. The zero-order chi connectivity index (χ0) is 20.7. The second-order valence-electron chi connectivity index (χ2n) is 8.83. The number of morpholine rings is 1. The average molecular weight is 412 g/mol. The Hall–Kier alpha value is -2.29. The summed E-state index contributed by atoms with van der Waals surface area (Å²) in [5.74, 6) is -0.738. The Bertz CT molecular complexity index is 870. The van der Waals surface area contributed by atoms with E-state index in [1.165, 1.54) is 0 Å². The lowest BCUT2D eigenvalue weighted by Crippen LogP contribution is -2.55. The molecule has 160 valence electrons. The van der Waals surface area contributed by atoms with Crippen LogP contribution in [0, 0.1) is 0 Å². The molecule has 0 saturated carbocycles. The van der Waals surface area contributed by atoms with Gasteiger partial charge in [0.2, 0.25) is 11.8 Å². The number of likely N-dealkylation sites (tertiary alicyclic amines) is 1. The summed E-state index contributed by atoms with van der Waals surface area (Å²) in [5, 5.41) is 5.82. The van der Waals surface area contributed by atoms with Gasteiger partial charge in [0.1, 0.15) is 6.04 Å². The lowest BCUT2D eigenvalue weighted by atomic mass is 9.89. The second-order valence-corrected chi connectivity index (χ2v) is 8.83. The Kier molecular flexibility index (Phi) is 5.08. The first kappa shape index (κ1) is 19.7. The van der Waals surface area contributed by atoms with Crippen molar-refractivity contribution < 1.29 is 19.1 Å². The number of imide groups is 1. The number of fused-ring (bicyclic) bond motifs is 1. The van der Waals surface area contributed by atoms with Gasteiger partial charge in [-0.25, -0.2) is 0 Å². The van der Waals surface area contributed by atoms with Gasteiger partial charge in [-0.05, 0) is 36.5 Å². The number of nitrogens with one attached hydrogen (secondary N) is 2. The number of nitrogens with zero attached hydrogens (tertiary/aromatic N) is 2. The highest BCUT2D eigenvalue weighted by Crippen LogP contribution is 2.32. The van der Waals surface area contributed by atoms with Gasteiger partial charge in [0, 0.05) is 51.3 Å². The minimum atomic E-state index is -0.568. The monoisotopic (exact) mass is 412 g/mol. The van der Waals surface area contributed by atoms with Crippen molar-refractivity contribution in [1.29, 1.82) is 0 Å². The van der Waals surface area contributed by atoms with Gasteiger partial charge in [0.25, 0.3) is 5.91 Å². The highest BCUT2D eigenvalue weighted by molar-refractivity contribution is 6.05. The minimum absolute atomic E-state index is 0.0219. The molecule has 5 rings (SSSR count). The molecule has 8 heteroatoms. The quantitative estimate of drug-likeness (QED) is 0.699. The van der Waals surface area contributed by atoms with Gasteiger partial charge >= 0.3 is 0 Å². The number of benzene rings is 1. The predicted molar refractivity (Wildman–Crippen MR) is 109 cm³/mol. The number of hydrogen-bond donors (Lipinski definition) is 2. The Labute approximate surface area is 175 Å². The fraction of sp³-hybridized carbons (Fsp3) is 0.591. The van der Waals surface area contributed by atoms with E-state index < -0.39 is 6.04 Å². The minimum Gasteiger partial charge on any atom is -0.372 e. The molecule has 1 aromatic carbocycles. The maximum atomic E-state index is 13.0. The molecule has 0 bridgehead atoms. The third kappa shape index (κ3) is 3.53. The summed E-state index contributed by atoms with van der Waals surface area (Å²) in [6.45, 7) is 5.80. The van der Waals surface area contributed by atoms with Crippen LogP contribution < -0.4 is 10.6 Å². The third-order valence-electron chi connectivity index (χ3n) is 6.97. The number of carbonyl (C=O) groups excluding carboxylic acids is 3. The molecule has 0 aromatic heterocycles. The van der Waals surface area contributed by atoms with Gasteiger partial charge in [-0.3, -0.25) is 24.6 Å². The van der Waals surface area contributed by atoms with Crippen LogP contribution in [0.1, 0.15) is 47.2 Å². The number of piperidine rings is 2. The van der Waals surface area contributed by atoms with E-state index in [9.17, 15) is 14.4 Å². The number of amides is 3. The molecule has 30 heavy (non-hydrogen) atoms. The largest absolute Gasteiger partial charge is 0.372 e. The third-order valence-corrected chi connectivity index (χ3v) is 6.97. The highest BCUT2D eigenvalue weighted by Gasteiger charge is 2.40. The van der Waals surface area contributed by atoms with Crippen LogP contribution in [0.4, 0.5) is 0 Å². The Morgan fingerprint density at radius 2 is 2.00 bits per heavy atom. The topological polar surface area (TPSA) is 91.0 Å². The van der Waals surface area contributed by atoms with Crippen LogP contribution in [0.3, 0.4) is 0 Å². The summed E-state index contributed by atoms with van der Waals surface area (Å²) < 4.78 is 6.09. The van der Waals surface area contributed by atoms with Crippen molar-refractivity contribution in [3.8, 4) is 0 Å². The van der Waals surface area contributed by atoms with E-state index in [0.29, 0.717) is 18.5 Å². The molecule has 3 saturated heterocycles. The second kappa shape index (κ2) is 7.76. The van der Waals surface area contributed by atoms with E-state index in [2.05, 4.69) is 21.6 Å². The van der Waals surface area contributed by atoms with Crippen LogP contribution in [-0.2, 0) is 27.4 Å². The van der Waals surface area contributed by atoms with Crippen molar-refractivity contribution in [1.82, 2.24) is 20.4 Å². The van der Waals surface area contributed by atoms with E-state index >= 15 is 0 Å². The molecule has 3 fully saturated rings. The SMILES string of the molecule is O=C1CCC(N2Cc3c(CN4CCC5(CC4)CNCCO5)cccc3C2=O)C(=O)N1. The van der Waals surface area contributed by atoms with Crippen LogP contribution in [0.5, 0.6) is 0 Å². The van der Waals surface area contributed by atoms with Crippen LogP contribution in [0.25, 0.3) is 0 Å². The first-order valence-electron chi connectivity index (χ1n) is 10.9. The number of rotatable bonds is 3. The summed E-state index contributed by atoms with van der Waals surface area (Å²) in [4.78, 5) is 40.8. The lowest BCUT2D eigenvalue weighted by molar-refractivity contribution is -0.136. The van der Waals surface area contributed by atoms with E-state index in [0.717, 1.165) is 63.3 Å².